The number of aryl methyl sites for hydroxylation is 1. The number of ketones is 1. The molecule has 0 aliphatic rings. The van der Waals surface area contributed by atoms with E-state index in [-0.39, 0.29) is 34.4 Å². The molecule has 2 aromatic heterocycles. The Morgan fingerprint density at radius 3 is 2.55 bits per heavy atom. The summed E-state index contributed by atoms with van der Waals surface area (Å²) >= 11 is 9.06. The Bertz CT molecular complexity index is 1470. The van der Waals surface area contributed by atoms with E-state index in [1.54, 1.807) is 37.3 Å². The van der Waals surface area contributed by atoms with Crippen LogP contribution in [0.4, 0.5) is 10.1 Å². The monoisotopic (exact) mass is 527 g/mol. The van der Waals surface area contributed by atoms with Gasteiger partial charge < -0.3 is 9.88 Å². The summed E-state index contributed by atoms with van der Waals surface area (Å²) in [5.41, 5.74) is 0.566. The van der Waals surface area contributed by atoms with Crippen molar-refractivity contribution in [2.45, 2.75) is 13.5 Å². The zero-order valence-electron chi connectivity index (χ0n) is 17.2. The van der Waals surface area contributed by atoms with Crippen LogP contribution in [-0.2, 0) is 11.3 Å². The number of amides is 1. The van der Waals surface area contributed by atoms with Crippen molar-refractivity contribution in [1.82, 2.24) is 9.55 Å². The van der Waals surface area contributed by atoms with E-state index in [0.29, 0.717) is 15.2 Å². The maximum atomic E-state index is 14.1. The molecule has 1 amide bonds. The highest BCUT2D eigenvalue weighted by atomic mass is 79.9. The number of hydrogen-bond donors (Lipinski definition) is 1. The molecule has 0 fully saturated rings. The van der Waals surface area contributed by atoms with Crippen LogP contribution in [0, 0.1) is 12.7 Å². The summed E-state index contributed by atoms with van der Waals surface area (Å²) in [7, 11) is 0. The summed E-state index contributed by atoms with van der Waals surface area (Å²) in [6, 6.07) is 13.6. The van der Waals surface area contributed by atoms with Gasteiger partial charge in [0.1, 0.15) is 18.0 Å². The number of anilines is 1. The Kier molecular flexibility index (Phi) is 6.40. The molecule has 0 bridgehead atoms. The Hall–Kier alpha value is -3.36. The Labute approximate surface area is 201 Å². The fraction of sp³-hybridized carbons (Fsp3) is 0.0833. The van der Waals surface area contributed by atoms with Crippen LogP contribution < -0.4 is 10.7 Å². The molecule has 0 aliphatic carbocycles. The molecule has 0 saturated carbocycles. The highest BCUT2D eigenvalue weighted by Gasteiger charge is 2.19. The molecule has 0 unspecified atom stereocenters. The predicted molar refractivity (Wildman–Crippen MR) is 128 cm³/mol. The number of pyridine rings is 2. The number of rotatable bonds is 5. The number of carbonyl (C=O) groups excluding carboxylic acids is 2. The first-order valence-corrected chi connectivity index (χ1v) is 11.0. The van der Waals surface area contributed by atoms with E-state index in [1.165, 1.54) is 35.0 Å². The van der Waals surface area contributed by atoms with Crippen LogP contribution >= 0.6 is 27.5 Å². The summed E-state index contributed by atoms with van der Waals surface area (Å²) < 4.78 is 16.1. The van der Waals surface area contributed by atoms with Crippen molar-refractivity contribution < 1.29 is 14.0 Å². The van der Waals surface area contributed by atoms with Crippen molar-refractivity contribution in [2.24, 2.45) is 0 Å². The summed E-state index contributed by atoms with van der Waals surface area (Å²) in [6.45, 7) is 1.46. The molecule has 2 aromatic carbocycles. The van der Waals surface area contributed by atoms with Crippen molar-refractivity contribution in [3.05, 3.63) is 103 Å². The maximum Gasteiger partial charge on any atom is 0.244 e. The molecule has 4 rings (SSSR count). The predicted octanol–water partition coefficient (Wildman–Crippen LogP) is 5.13. The molecule has 0 atom stereocenters. The van der Waals surface area contributed by atoms with Gasteiger partial charge in [-0.05, 0) is 61.5 Å². The summed E-state index contributed by atoms with van der Waals surface area (Å²) in [5, 5.41) is 3.16. The molecule has 33 heavy (non-hydrogen) atoms. The number of benzene rings is 2. The van der Waals surface area contributed by atoms with Crippen molar-refractivity contribution in [3.63, 3.8) is 0 Å². The minimum Gasteiger partial charge on any atom is -0.322 e. The second-order valence-corrected chi connectivity index (χ2v) is 8.68. The second-order valence-electron chi connectivity index (χ2n) is 7.33. The van der Waals surface area contributed by atoms with Gasteiger partial charge in [0.25, 0.3) is 0 Å². The molecule has 0 spiro atoms. The lowest BCUT2D eigenvalue weighted by Crippen LogP contribution is -2.25. The van der Waals surface area contributed by atoms with E-state index >= 15 is 0 Å². The van der Waals surface area contributed by atoms with Gasteiger partial charge in [-0.2, -0.15) is 0 Å². The molecule has 0 saturated heterocycles. The third-order valence-electron chi connectivity index (χ3n) is 4.93. The van der Waals surface area contributed by atoms with Crippen molar-refractivity contribution in [3.8, 4) is 0 Å². The quantitative estimate of drug-likeness (QED) is 0.364. The zero-order chi connectivity index (χ0) is 23.7. The van der Waals surface area contributed by atoms with Gasteiger partial charge in [-0.1, -0.05) is 27.5 Å². The van der Waals surface area contributed by atoms with E-state index in [1.807, 2.05) is 0 Å². The third-order valence-corrected chi connectivity index (χ3v) is 5.68. The number of aromatic nitrogens is 2. The highest BCUT2D eigenvalue weighted by molar-refractivity contribution is 9.10. The van der Waals surface area contributed by atoms with Crippen LogP contribution in [0.1, 0.15) is 21.6 Å². The number of hydrogen-bond acceptors (Lipinski definition) is 4. The van der Waals surface area contributed by atoms with E-state index in [4.69, 9.17) is 11.6 Å². The second kappa shape index (κ2) is 9.25. The summed E-state index contributed by atoms with van der Waals surface area (Å²) in [6.07, 6.45) is 1.31. The van der Waals surface area contributed by atoms with Gasteiger partial charge in [0.2, 0.25) is 11.3 Å². The fourth-order valence-corrected chi connectivity index (χ4v) is 3.79. The lowest BCUT2D eigenvalue weighted by Gasteiger charge is -2.13. The largest absolute Gasteiger partial charge is 0.322 e. The van der Waals surface area contributed by atoms with Gasteiger partial charge in [-0.3, -0.25) is 14.4 Å². The molecular weight excluding hydrogens is 513 g/mol. The number of halogens is 3. The molecule has 6 nitrogen and oxygen atoms in total. The van der Waals surface area contributed by atoms with Gasteiger partial charge >= 0.3 is 0 Å². The third kappa shape index (κ3) is 4.86. The van der Waals surface area contributed by atoms with Gasteiger partial charge in [-0.15, -0.1) is 0 Å². The zero-order valence-corrected chi connectivity index (χ0v) is 19.6. The first-order valence-electron chi connectivity index (χ1n) is 9.79. The van der Waals surface area contributed by atoms with Crippen LogP contribution in [0.25, 0.3) is 11.0 Å². The van der Waals surface area contributed by atoms with Crippen LogP contribution in [-0.4, -0.2) is 21.2 Å². The van der Waals surface area contributed by atoms with Crippen LogP contribution in [0.5, 0.6) is 0 Å². The molecule has 0 aliphatic heterocycles. The van der Waals surface area contributed by atoms with Crippen molar-refractivity contribution in [2.75, 3.05) is 5.32 Å². The molecule has 1 N–H and O–H groups in total. The van der Waals surface area contributed by atoms with E-state index in [9.17, 15) is 18.8 Å². The van der Waals surface area contributed by atoms with Gasteiger partial charge in [-0.25, -0.2) is 9.37 Å². The van der Waals surface area contributed by atoms with Crippen molar-refractivity contribution >= 4 is 55.9 Å². The smallest absolute Gasteiger partial charge is 0.244 e. The lowest BCUT2D eigenvalue weighted by molar-refractivity contribution is -0.116. The Balaban J connectivity index is 1.76. The number of fused-ring (bicyclic) bond motifs is 1. The molecule has 4 aromatic rings. The fourth-order valence-electron chi connectivity index (χ4n) is 3.33. The first-order chi connectivity index (χ1) is 15.7. The lowest BCUT2D eigenvalue weighted by atomic mass is 10.0. The number of nitrogens with one attached hydrogen (secondary N) is 1. The number of carbonyl (C=O) groups is 2. The highest BCUT2D eigenvalue weighted by Crippen LogP contribution is 2.20. The Morgan fingerprint density at radius 2 is 1.85 bits per heavy atom. The average Bonchev–Trinajstić information content (AvgIpc) is 2.77. The minimum absolute atomic E-state index is 0.00940. The minimum atomic E-state index is -0.602. The van der Waals surface area contributed by atoms with Gasteiger partial charge in [0, 0.05) is 26.9 Å². The maximum absolute atomic E-state index is 14.1. The van der Waals surface area contributed by atoms with Crippen LogP contribution in [0.15, 0.2) is 70.1 Å². The molecule has 166 valence electrons. The summed E-state index contributed by atoms with van der Waals surface area (Å²) in [5.74, 6) is -1.66. The number of nitrogens with zero attached hydrogens (tertiary/aromatic N) is 2. The normalized spacial score (nSPS) is 10.9. The Morgan fingerprint density at radius 1 is 1.12 bits per heavy atom. The van der Waals surface area contributed by atoms with Gasteiger partial charge in [0.15, 0.2) is 5.78 Å². The first kappa shape index (κ1) is 22.8. The topological polar surface area (TPSA) is 81.1 Å². The average molecular weight is 529 g/mol. The van der Waals surface area contributed by atoms with E-state index in [0.717, 1.165) is 0 Å². The molecule has 0 radical (unpaired) electrons. The molecular formula is C24H16BrClFN3O3. The van der Waals surface area contributed by atoms with Crippen LogP contribution in [0.2, 0.25) is 5.02 Å². The van der Waals surface area contributed by atoms with E-state index in [2.05, 4.69) is 26.2 Å². The van der Waals surface area contributed by atoms with Crippen LogP contribution in [0.3, 0.4) is 0 Å². The molecule has 2 heterocycles. The van der Waals surface area contributed by atoms with Gasteiger partial charge in [0.05, 0.1) is 16.6 Å². The standard InChI is InChI=1S/C24H16BrClFN3O3/c1-13-2-8-17-23(33)18(22(32)14-3-6-16(26)7-4-14)11-30(24(17)28-13)12-21(31)29-20-9-5-15(25)10-19(20)27/h2-11H,12H2,1H3,(H,29,31). The SMILES string of the molecule is Cc1ccc2c(=O)c(C(=O)c3ccc(Cl)cc3)cn(CC(=O)Nc3ccc(Br)cc3F)c2n1. The van der Waals surface area contributed by atoms with Crippen molar-refractivity contribution in [1.29, 1.82) is 0 Å². The summed E-state index contributed by atoms with van der Waals surface area (Å²) in [4.78, 5) is 43.2. The van der Waals surface area contributed by atoms with E-state index < -0.39 is 22.9 Å². The molecule has 9 heteroatoms.